The number of esters is 2. The Labute approximate surface area is 186 Å². The second kappa shape index (κ2) is 12.8. The lowest BCUT2D eigenvalue weighted by Gasteiger charge is -2.17. The van der Waals surface area contributed by atoms with E-state index in [-0.39, 0.29) is 29.7 Å². The number of likely N-dealkylation sites (N-methyl/N-ethyl adjacent to an activating group) is 1. The van der Waals surface area contributed by atoms with Gasteiger partial charge in [-0.3, -0.25) is 24.5 Å². The molecule has 0 atom stereocenters. The number of carbonyl (C=O) groups excluding carboxylic acids is 3. The highest BCUT2D eigenvalue weighted by Gasteiger charge is 2.27. The van der Waals surface area contributed by atoms with E-state index in [2.05, 4.69) is 0 Å². The Morgan fingerprint density at radius 2 is 1.62 bits per heavy atom. The molecule has 1 amide bonds. The monoisotopic (exact) mass is 445 g/mol. The summed E-state index contributed by atoms with van der Waals surface area (Å²) in [4.78, 5) is 48.9. The highest BCUT2D eigenvalue weighted by Crippen LogP contribution is 2.39. The fourth-order valence-corrected chi connectivity index (χ4v) is 2.74. The molecule has 0 saturated heterocycles. The van der Waals surface area contributed by atoms with E-state index < -0.39 is 34.2 Å². The zero-order valence-corrected chi connectivity index (χ0v) is 18.7. The van der Waals surface area contributed by atoms with Gasteiger partial charge in [-0.25, -0.2) is 0 Å². The first-order valence-corrected chi connectivity index (χ1v) is 10.4. The third kappa shape index (κ3) is 7.19. The van der Waals surface area contributed by atoms with Gasteiger partial charge in [-0.1, -0.05) is 13.8 Å². The van der Waals surface area contributed by atoms with Crippen LogP contribution in [0.4, 0.5) is 5.69 Å². The summed E-state index contributed by atoms with van der Waals surface area (Å²) in [5.41, 5.74) is -0.803. The van der Waals surface area contributed by atoms with E-state index in [1.165, 1.54) is 17.0 Å². The van der Waals surface area contributed by atoms with Crippen LogP contribution in [0.15, 0.2) is 17.7 Å². The molecule has 0 saturated carbocycles. The molecule has 10 nitrogen and oxygen atoms in total. The molecule has 0 aliphatic carbocycles. The molecule has 1 aromatic rings. The van der Waals surface area contributed by atoms with Gasteiger partial charge in [0.25, 0.3) is 11.7 Å². The maximum Gasteiger partial charge on any atom is 0.316 e. The molecular formula is C22H27N3O7. The maximum atomic E-state index is 12.5. The molecule has 0 radical (unpaired) electrons. The number of amides is 1. The van der Waals surface area contributed by atoms with Crippen molar-refractivity contribution in [3.05, 3.63) is 33.4 Å². The van der Waals surface area contributed by atoms with Crippen LogP contribution in [0.5, 0.6) is 11.5 Å². The minimum atomic E-state index is -0.790. The predicted molar refractivity (Wildman–Crippen MR) is 116 cm³/mol. The number of hydrogen-bond acceptors (Lipinski definition) is 8. The first kappa shape index (κ1) is 26.3. The molecule has 32 heavy (non-hydrogen) atoms. The van der Waals surface area contributed by atoms with Crippen molar-refractivity contribution in [1.29, 1.82) is 5.26 Å². The smallest absolute Gasteiger partial charge is 0.316 e. The second-order valence-electron chi connectivity index (χ2n) is 6.72. The molecule has 0 unspecified atom stereocenters. The van der Waals surface area contributed by atoms with Crippen molar-refractivity contribution < 1.29 is 28.8 Å². The highest BCUT2D eigenvalue weighted by atomic mass is 16.6. The standard InChI is InChI=1S/C22H27N3O7/c1-5-9-19(26)31-18-13-15(11-16(14-23)22(28)24(7-3)8-4)12-17(25(29)30)21(18)32-20(27)10-6-2/h11-13H,5-10H2,1-4H3/b16-11+. The van der Waals surface area contributed by atoms with E-state index in [1.807, 2.05) is 0 Å². The number of benzene rings is 1. The third-order valence-corrected chi connectivity index (χ3v) is 4.31. The van der Waals surface area contributed by atoms with Crippen LogP contribution in [0.3, 0.4) is 0 Å². The number of nitro benzene ring substituents is 1. The zero-order chi connectivity index (χ0) is 24.3. The van der Waals surface area contributed by atoms with Gasteiger partial charge in [0.15, 0.2) is 5.75 Å². The minimum absolute atomic E-state index is 0.0120. The Bertz CT molecular complexity index is 944. The van der Waals surface area contributed by atoms with Crippen LogP contribution in [-0.2, 0) is 14.4 Å². The van der Waals surface area contributed by atoms with Gasteiger partial charge in [-0.15, -0.1) is 0 Å². The summed E-state index contributed by atoms with van der Waals surface area (Å²) in [6.07, 6.45) is 2.15. The summed E-state index contributed by atoms with van der Waals surface area (Å²) in [6.45, 7) is 7.75. The van der Waals surface area contributed by atoms with Crippen LogP contribution in [0.1, 0.15) is 58.9 Å². The predicted octanol–water partition coefficient (Wildman–Crippen LogP) is 3.78. The highest BCUT2D eigenvalue weighted by molar-refractivity contribution is 6.01. The molecule has 0 aromatic heterocycles. The summed E-state index contributed by atoms with van der Waals surface area (Å²) in [5.74, 6) is -2.76. The molecule has 0 N–H and O–H groups in total. The van der Waals surface area contributed by atoms with Gasteiger partial charge in [-0.05, 0) is 44.4 Å². The average molecular weight is 445 g/mol. The van der Waals surface area contributed by atoms with Gasteiger partial charge in [0.05, 0.1) is 4.92 Å². The summed E-state index contributed by atoms with van der Waals surface area (Å²) in [7, 11) is 0. The average Bonchev–Trinajstić information content (AvgIpc) is 2.74. The third-order valence-electron chi connectivity index (χ3n) is 4.31. The van der Waals surface area contributed by atoms with Crippen molar-refractivity contribution >= 4 is 29.6 Å². The largest absolute Gasteiger partial charge is 0.422 e. The topological polar surface area (TPSA) is 140 Å². The zero-order valence-electron chi connectivity index (χ0n) is 18.7. The fourth-order valence-electron chi connectivity index (χ4n) is 2.74. The lowest BCUT2D eigenvalue weighted by atomic mass is 10.1. The Morgan fingerprint density at radius 1 is 1.06 bits per heavy atom. The molecule has 1 rings (SSSR count). The van der Waals surface area contributed by atoms with Gasteiger partial charge < -0.3 is 14.4 Å². The number of rotatable bonds is 11. The van der Waals surface area contributed by atoms with Crippen molar-refractivity contribution in [2.75, 3.05) is 13.1 Å². The first-order chi connectivity index (χ1) is 15.2. The van der Waals surface area contributed by atoms with Gasteiger partial charge in [0.2, 0.25) is 0 Å². The first-order valence-electron chi connectivity index (χ1n) is 10.4. The van der Waals surface area contributed by atoms with E-state index in [4.69, 9.17) is 9.47 Å². The van der Waals surface area contributed by atoms with E-state index in [0.717, 1.165) is 6.07 Å². The summed E-state index contributed by atoms with van der Waals surface area (Å²) < 4.78 is 10.4. The minimum Gasteiger partial charge on any atom is -0.422 e. The van der Waals surface area contributed by atoms with Crippen LogP contribution in [0.2, 0.25) is 0 Å². The lowest BCUT2D eigenvalue weighted by molar-refractivity contribution is -0.385. The number of nitrogens with zero attached hydrogens (tertiary/aromatic N) is 3. The van der Waals surface area contributed by atoms with Crippen molar-refractivity contribution in [3.8, 4) is 17.6 Å². The summed E-state index contributed by atoms with van der Waals surface area (Å²) in [6, 6.07) is 4.08. The van der Waals surface area contributed by atoms with Crippen LogP contribution >= 0.6 is 0 Å². The molecule has 1 aromatic carbocycles. The molecule has 0 bridgehead atoms. The van der Waals surface area contributed by atoms with Gasteiger partial charge >= 0.3 is 17.6 Å². The molecule has 0 aliphatic rings. The molecule has 172 valence electrons. The van der Waals surface area contributed by atoms with Crippen LogP contribution in [0, 0.1) is 21.4 Å². The lowest BCUT2D eigenvalue weighted by Crippen LogP contribution is -2.31. The molecule has 10 heteroatoms. The number of nitro groups is 1. The Kier molecular flexibility index (Phi) is 10.6. The number of nitriles is 1. The summed E-state index contributed by atoms with van der Waals surface area (Å²) in [5, 5.41) is 21.1. The van der Waals surface area contributed by atoms with E-state index in [0.29, 0.717) is 25.9 Å². The van der Waals surface area contributed by atoms with E-state index in [9.17, 15) is 29.8 Å². The molecule has 0 fully saturated rings. The van der Waals surface area contributed by atoms with Crippen molar-refractivity contribution in [2.24, 2.45) is 0 Å². The van der Waals surface area contributed by atoms with Gasteiger partial charge in [-0.2, -0.15) is 5.26 Å². The molecule has 0 heterocycles. The van der Waals surface area contributed by atoms with Gasteiger partial charge in [0.1, 0.15) is 11.6 Å². The van der Waals surface area contributed by atoms with E-state index in [1.54, 1.807) is 33.8 Å². The summed E-state index contributed by atoms with van der Waals surface area (Å²) >= 11 is 0. The quantitative estimate of drug-likeness (QED) is 0.125. The van der Waals surface area contributed by atoms with Crippen LogP contribution in [-0.4, -0.2) is 40.8 Å². The Morgan fingerprint density at radius 3 is 2.09 bits per heavy atom. The van der Waals surface area contributed by atoms with Crippen molar-refractivity contribution in [1.82, 2.24) is 4.90 Å². The second-order valence-corrected chi connectivity index (χ2v) is 6.72. The van der Waals surface area contributed by atoms with Crippen molar-refractivity contribution in [3.63, 3.8) is 0 Å². The number of hydrogen-bond donors (Lipinski definition) is 0. The molecule has 0 spiro atoms. The Balaban J connectivity index is 3.63. The molecular weight excluding hydrogens is 418 g/mol. The SMILES string of the molecule is CCCC(=O)Oc1cc(/C=C(\C#N)C(=O)N(CC)CC)cc([N+](=O)[O-])c1OC(=O)CCC. The fraction of sp³-hybridized carbons (Fsp3) is 0.455. The van der Waals surface area contributed by atoms with E-state index >= 15 is 0 Å². The normalized spacial score (nSPS) is 10.8. The van der Waals surface area contributed by atoms with Gasteiger partial charge in [0, 0.05) is 32.0 Å². The molecule has 0 aliphatic heterocycles. The van der Waals surface area contributed by atoms with Crippen LogP contribution in [0.25, 0.3) is 6.08 Å². The van der Waals surface area contributed by atoms with Crippen LogP contribution < -0.4 is 9.47 Å². The Hall–Kier alpha value is -3.74. The number of carbonyl (C=O) groups is 3. The van der Waals surface area contributed by atoms with Crippen molar-refractivity contribution in [2.45, 2.75) is 53.4 Å². The maximum absolute atomic E-state index is 12.5. The number of ether oxygens (including phenoxy) is 2.